The van der Waals surface area contributed by atoms with Crippen LogP contribution < -0.4 is 4.90 Å². The van der Waals surface area contributed by atoms with E-state index in [-0.39, 0.29) is 0 Å². The Morgan fingerprint density at radius 2 is 1.68 bits per heavy atom. The van der Waals surface area contributed by atoms with Gasteiger partial charge in [-0.1, -0.05) is 12.1 Å². The van der Waals surface area contributed by atoms with Crippen molar-refractivity contribution in [2.45, 2.75) is 18.4 Å². The Morgan fingerprint density at radius 3 is 2.26 bits per heavy atom. The third-order valence-corrected chi connectivity index (χ3v) is 3.87. The minimum absolute atomic E-state index is 0.476. The van der Waals surface area contributed by atoms with Crippen molar-refractivity contribution in [3.05, 3.63) is 29.8 Å². The Hall–Kier alpha value is -1.88. The number of amides is 2. The van der Waals surface area contributed by atoms with Gasteiger partial charge in [-0.15, -0.1) is 0 Å². The third-order valence-electron chi connectivity index (χ3n) is 3.87. The molecule has 0 unspecified atom stereocenters. The Morgan fingerprint density at radius 1 is 1.05 bits per heavy atom. The lowest BCUT2D eigenvalue weighted by Gasteiger charge is -2.31. The van der Waals surface area contributed by atoms with Crippen molar-refractivity contribution in [2.24, 2.45) is 0 Å². The number of likely N-dealkylation sites (N-methyl/N-ethyl adjacent to an activating group) is 1. The number of hydrogen-bond donors (Lipinski definition) is 1. The van der Waals surface area contributed by atoms with Crippen molar-refractivity contribution in [3.8, 4) is 0 Å². The first kappa shape index (κ1) is 12.2. The van der Waals surface area contributed by atoms with Gasteiger partial charge in [-0.05, 0) is 30.5 Å². The Balaban J connectivity index is 1.82. The van der Waals surface area contributed by atoms with Crippen LogP contribution in [0.1, 0.15) is 18.4 Å². The van der Waals surface area contributed by atoms with Crippen molar-refractivity contribution in [1.82, 2.24) is 4.90 Å². The second-order valence-corrected chi connectivity index (χ2v) is 5.26. The zero-order valence-electron chi connectivity index (χ0n) is 10.8. The predicted molar refractivity (Wildman–Crippen MR) is 69.6 cm³/mol. The lowest BCUT2D eigenvalue weighted by Crippen LogP contribution is -2.53. The first-order chi connectivity index (χ1) is 9.01. The first-order valence-electron chi connectivity index (χ1n) is 6.41. The number of hydrogen-bond acceptors (Lipinski definition) is 3. The minimum atomic E-state index is -0.666. The lowest BCUT2D eigenvalue weighted by atomic mass is 10.1. The van der Waals surface area contributed by atoms with E-state index in [2.05, 4.69) is 0 Å². The van der Waals surface area contributed by atoms with Gasteiger partial charge in [-0.3, -0.25) is 9.59 Å². The molecule has 0 atom stereocenters. The number of aliphatic hydroxyl groups is 1. The van der Waals surface area contributed by atoms with Crippen LogP contribution in [0.2, 0.25) is 0 Å². The molecule has 3 rings (SSSR count). The molecule has 1 saturated heterocycles. The van der Waals surface area contributed by atoms with Gasteiger partial charge in [0.1, 0.15) is 0 Å². The fourth-order valence-corrected chi connectivity index (χ4v) is 2.34. The first-order valence-corrected chi connectivity index (χ1v) is 6.41. The van der Waals surface area contributed by atoms with Gasteiger partial charge in [0.25, 0.3) is 0 Å². The summed E-state index contributed by atoms with van der Waals surface area (Å²) in [6, 6.07) is 7.25. The van der Waals surface area contributed by atoms with E-state index in [1.807, 2.05) is 12.1 Å². The number of anilines is 1. The monoisotopic (exact) mass is 260 g/mol. The van der Waals surface area contributed by atoms with Crippen LogP contribution >= 0.6 is 0 Å². The molecule has 2 fully saturated rings. The number of piperazine rings is 1. The van der Waals surface area contributed by atoms with Gasteiger partial charge in [0.05, 0.1) is 5.60 Å². The van der Waals surface area contributed by atoms with Gasteiger partial charge < -0.3 is 14.9 Å². The smallest absolute Gasteiger partial charge is 0.316 e. The zero-order chi connectivity index (χ0) is 13.6. The van der Waals surface area contributed by atoms with E-state index in [9.17, 15) is 14.7 Å². The molecule has 1 aromatic carbocycles. The normalized spacial score (nSPS) is 21.8. The van der Waals surface area contributed by atoms with E-state index in [0.717, 1.165) is 18.4 Å². The summed E-state index contributed by atoms with van der Waals surface area (Å²) in [4.78, 5) is 26.5. The largest absolute Gasteiger partial charge is 0.385 e. The lowest BCUT2D eigenvalue weighted by molar-refractivity contribution is -0.145. The molecule has 5 nitrogen and oxygen atoms in total. The van der Waals surface area contributed by atoms with E-state index in [1.165, 1.54) is 9.80 Å². The summed E-state index contributed by atoms with van der Waals surface area (Å²) >= 11 is 0. The number of carbonyl (C=O) groups is 2. The second-order valence-electron chi connectivity index (χ2n) is 5.26. The summed E-state index contributed by atoms with van der Waals surface area (Å²) in [5.41, 5.74) is 0.920. The molecular weight excluding hydrogens is 244 g/mol. The molecule has 19 heavy (non-hydrogen) atoms. The molecule has 1 aromatic rings. The zero-order valence-corrected chi connectivity index (χ0v) is 10.8. The average molecular weight is 260 g/mol. The van der Waals surface area contributed by atoms with Crippen molar-refractivity contribution in [2.75, 3.05) is 25.0 Å². The van der Waals surface area contributed by atoms with Crippen molar-refractivity contribution in [1.29, 1.82) is 0 Å². The Bertz CT molecular complexity index is 534. The van der Waals surface area contributed by atoms with Crippen molar-refractivity contribution >= 4 is 17.5 Å². The number of benzene rings is 1. The van der Waals surface area contributed by atoms with Crippen molar-refractivity contribution < 1.29 is 14.7 Å². The molecule has 1 saturated carbocycles. The molecular formula is C14H16N2O3. The molecule has 2 aliphatic rings. The van der Waals surface area contributed by atoms with E-state index < -0.39 is 17.4 Å². The molecule has 1 aliphatic heterocycles. The van der Waals surface area contributed by atoms with Crippen LogP contribution in [0.5, 0.6) is 0 Å². The fourth-order valence-electron chi connectivity index (χ4n) is 2.34. The molecule has 0 bridgehead atoms. The van der Waals surface area contributed by atoms with E-state index >= 15 is 0 Å². The van der Waals surface area contributed by atoms with Crippen LogP contribution in [-0.4, -0.2) is 42.0 Å². The third kappa shape index (κ3) is 2.00. The van der Waals surface area contributed by atoms with Crippen LogP contribution in [0.25, 0.3) is 0 Å². The number of carbonyl (C=O) groups excluding carboxylic acids is 2. The molecule has 0 spiro atoms. The predicted octanol–water partition coefficient (Wildman–Crippen LogP) is 0.473. The van der Waals surface area contributed by atoms with Crippen LogP contribution in [0, 0.1) is 0 Å². The van der Waals surface area contributed by atoms with Gasteiger partial charge in [0.2, 0.25) is 0 Å². The van der Waals surface area contributed by atoms with E-state index in [0.29, 0.717) is 18.8 Å². The van der Waals surface area contributed by atoms with E-state index in [1.54, 1.807) is 19.2 Å². The summed E-state index contributed by atoms with van der Waals surface area (Å²) in [5.74, 6) is -0.970. The van der Waals surface area contributed by atoms with Crippen LogP contribution in [0.3, 0.4) is 0 Å². The van der Waals surface area contributed by atoms with Crippen LogP contribution in [0.4, 0.5) is 5.69 Å². The SMILES string of the molecule is CN1CCN(c2ccc(C3(O)CC3)cc2)C(=O)C1=O. The maximum Gasteiger partial charge on any atom is 0.316 e. The standard InChI is InChI=1S/C14H16N2O3/c1-15-8-9-16(13(18)12(15)17)11-4-2-10(3-5-11)14(19)6-7-14/h2-5,19H,6-9H2,1H3. The molecule has 1 N–H and O–H groups in total. The molecule has 2 amide bonds. The minimum Gasteiger partial charge on any atom is -0.385 e. The summed E-state index contributed by atoms with van der Waals surface area (Å²) in [7, 11) is 1.63. The van der Waals surface area contributed by atoms with Crippen LogP contribution in [-0.2, 0) is 15.2 Å². The topological polar surface area (TPSA) is 60.9 Å². The summed E-state index contributed by atoms with van der Waals surface area (Å²) < 4.78 is 0. The van der Waals surface area contributed by atoms with Gasteiger partial charge >= 0.3 is 11.8 Å². The number of rotatable bonds is 2. The van der Waals surface area contributed by atoms with Gasteiger partial charge in [0.15, 0.2) is 0 Å². The van der Waals surface area contributed by atoms with Gasteiger partial charge in [0, 0.05) is 25.8 Å². The number of nitrogens with zero attached hydrogens (tertiary/aromatic N) is 2. The molecule has 1 aliphatic carbocycles. The maximum absolute atomic E-state index is 11.9. The van der Waals surface area contributed by atoms with Crippen molar-refractivity contribution in [3.63, 3.8) is 0 Å². The molecule has 1 heterocycles. The molecule has 0 radical (unpaired) electrons. The Kier molecular flexibility index (Phi) is 2.60. The van der Waals surface area contributed by atoms with E-state index in [4.69, 9.17) is 0 Å². The highest BCUT2D eigenvalue weighted by molar-refractivity contribution is 6.40. The Labute approximate surface area is 111 Å². The van der Waals surface area contributed by atoms with Crippen LogP contribution in [0.15, 0.2) is 24.3 Å². The summed E-state index contributed by atoms with van der Waals surface area (Å²) in [5, 5.41) is 9.99. The van der Waals surface area contributed by atoms with Gasteiger partial charge in [-0.2, -0.15) is 0 Å². The molecule has 5 heteroatoms. The highest BCUT2D eigenvalue weighted by atomic mass is 16.3. The second kappa shape index (κ2) is 4.06. The maximum atomic E-state index is 11.9. The van der Waals surface area contributed by atoms with Gasteiger partial charge in [-0.25, -0.2) is 0 Å². The summed E-state index contributed by atoms with van der Waals surface area (Å²) in [6.45, 7) is 1.04. The molecule has 100 valence electrons. The quantitative estimate of drug-likeness (QED) is 0.786. The highest BCUT2D eigenvalue weighted by Gasteiger charge is 2.42. The highest BCUT2D eigenvalue weighted by Crippen LogP contribution is 2.45. The molecule has 0 aromatic heterocycles. The average Bonchev–Trinajstić information content (AvgIpc) is 3.16. The fraction of sp³-hybridized carbons (Fsp3) is 0.429. The summed E-state index contributed by atoms with van der Waals surface area (Å²) in [6.07, 6.45) is 1.58.